The highest BCUT2D eigenvalue weighted by molar-refractivity contribution is 5.80. The van der Waals surface area contributed by atoms with E-state index in [0.29, 0.717) is 0 Å². The molecule has 27 heavy (non-hydrogen) atoms. The smallest absolute Gasteiger partial charge is 0.357 e. The standard InChI is InChI=1S/C10H17N5O4.C7H6O/c1-9(2,3)19-10(8(17)18,11-6-16)5-7-12-14-15(4)13-7;1-2-4-7-6(3-1)5-8-7/h6H,5H2,1-4H3,(H,11,16)(H,17,18);1-4H,5H2. The van der Waals surface area contributed by atoms with Crippen LogP contribution in [0.2, 0.25) is 0 Å². The number of aliphatic carboxylic acids is 1. The second-order valence-corrected chi connectivity index (χ2v) is 6.88. The molecule has 2 aromatic rings. The first-order valence-electron chi connectivity index (χ1n) is 8.24. The van der Waals surface area contributed by atoms with Crippen LogP contribution in [-0.4, -0.2) is 49.0 Å². The van der Waals surface area contributed by atoms with E-state index in [1.165, 1.54) is 10.4 Å². The molecule has 0 saturated carbocycles. The average molecular weight is 377 g/mol. The van der Waals surface area contributed by atoms with Crippen molar-refractivity contribution in [2.45, 2.75) is 45.1 Å². The van der Waals surface area contributed by atoms with Gasteiger partial charge in [0.1, 0.15) is 12.4 Å². The van der Waals surface area contributed by atoms with E-state index in [9.17, 15) is 14.7 Å². The Morgan fingerprint density at radius 3 is 2.48 bits per heavy atom. The third-order valence-corrected chi connectivity index (χ3v) is 3.43. The van der Waals surface area contributed by atoms with Crippen LogP contribution in [0.25, 0.3) is 0 Å². The third-order valence-electron chi connectivity index (χ3n) is 3.43. The number of ether oxygens (including phenoxy) is 2. The zero-order valence-corrected chi connectivity index (χ0v) is 15.7. The van der Waals surface area contributed by atoms with Crippen LogP contribution >= 0.6 is 0 Å². The number of rotatable bonds is 6. The molecule has 10 nitrogen and oxygen atoms in total. The van der Waals surface area contributed by atoms with E-state index in [1.54, 1.807) is 27.8 Å². The summed E-state index contributed by atoms with van der Waals surface area (Å²) in [6.45, 7) is 5.85. The monoisotopic (exact) mass is 377 g/mol. The van der Waals surface area contributed by atoms with Crippen LogP contribution in [0, 0.1) is 0 Å². The van der Waals surface area contributed by atoms with Crippen LogP contribution in [0.1, 0.15) is 32.2 Å². The third kappa shape index (κ3) is 5.48. The summed E-state index contributed by atoms with van der Waals surface area (Å²) < 4.78 is 10.6. The van der Waals surface area contributed by atoms with Gasteiger partial charge in [-0.3, -0.25) is 4.79 Å². The molecule has 146 valence electrons. The molecule has 1 amide bonds. The summed E-state index contributed by atoms with van der Waals surface area (Å²) in [7, 11) is 1.55. The Morgan fingerprint density at radius 1 is 1.41 bits per heavy atom. The fourth-order valence-electron chi connectivity index (χ4n) is 2.37. The molecule has 2 N–H and O–H groups in total. The zero-order chi connectivity index (χ0) is 20.1. The maximum Gasteiger partial charge on any atom is 0.357 e. The van der Waals surface area contributed by atoms with Crippen molar-refractivity contribution in [3.8, 4) is 5.75 Å². The van der Waals surface area contributed by atoms with Gasteiger partial charge >= 0.3 is 5.97 Å². The molecule has 1 aliphatic heterocycles. The van der Waals surface area contributed by atoms with E-state index < -0.39 is 17.3 Å². The highest BCUT2D eigenvalue weighted by atomic mass is 16.6. The van der Waals surface area contributed by atoms with Gasteiger partial charge in [-0.15, -0.1) is 10.2 Å². The molecule has 1 aromatic heterocycles. The quantitative estimate of drug-likeness (QED) is 0.555. The van der Waals surface area contributed by atoms with Gasteiger partial charge in [-0.25, -0.2) is 4.79 Å². The summed E-state index contributed by atoms with van der Waals surface area (Å²) in [6.07, 6.45) is 0.0441. The number of nitrogens with zero attached hydrogens (tertiary/aromatic N) is 4. The second kappa shape index (κ2) is 8.12. The van der Waals surface area contributed by atoms with Crippen LogP contribution in [0.5, 0.6) is 5.75 Å². The summed E-state index contributed by atoms with van der Waals surface area (Å²) >= 11 is 0. The first-order chi connectivity index (χ1) is 12.6. The lowest BCUT2D eigenvalue weighted by molar-refractivity contribution is -0.192. The number of carboxylic acids is 1. The topological polar surface area (TPSA) is 128 Å². The van der Waals surface area contributed by atoms with Crippen molar-refractivity contribution in [1.29, 1.82) is 0 Å². The molecule has 0 fully saturated rings. The molecule has 2 heterocycles. The van der Waals surface area contributed by atoms with Gasteiger partial charge < -0.3 is 19.9 Å². The molecule has 0 bridgehead atoms. The lowest BCUT2D eigenvalue weighted by atomic mass is 10.1. The molecule has 1 aromatic carbocycles. The van der Waals surface area contributed by atoms with E-state index in [-0.39, 0.29) is 18.7 Å². The number of benzene rings is 1. The molecule has 0 saturated heterocycles. The van der Waals surface area contributed by atoms with E-state index in [0.717, 1.165) is 12.4 Å². The Kier molecular flexibility index (Phi) is 6.11. The molecule has 1 aliphatic rings. The number of carbonyl (C=O) groups excluding carboxylic acids is 1. The van der Waals surface area contributed by atoms with E-state index in [4.69, 9.17) is 9.47 Å². The molecule has 3 rings (SSSR count). The largest absolute Gasteiger partial charge is 0.488 e. The number of amides is 1. The van der Waals surface area contributed by atoms with Crippen LogP contribution in [0.3, 0.4) is 0 Å². The number of nitrogens with one attached hydrogen (secondary N) is 1. The lowest BCUT2D eigenvalue weighted by Crippen LogP contribution is -2.58. The van der Waals surface area contributed by atoms with Crippen LogP contribution in [0.4, 0.5) is 0 Å². The number of carbonyl (C=O) groups is 2. The second-order valence-electron chi connectivity index (χ2n) is 6.88. The minimum absolute atomic E-state index is 0.156. The van der Waals surface area contributed by atoms with Gasteiger partial charge in [-0.05, 0) is 32.1 Å². The molecule has 10 heteroatoms. The average Bonchev–Trinajstić information content (AvgIpc) is 2.92. The van der Waals surface area contributed by atoms with Crippen LogP contribution in [0.15, 0.2) is 24.3 Å². The number of tetrazole rings is 1. The molecule has 0 radical (unpaired) electrons. The Labute approximate surface area is 156 Å². The van der Waals surface area contributed by atoms with E-state index in [2.05, 4.69) is 26.8 Å². The highest BCUT2D eigenvalue weighted by Gasteiger charge is 2.44. The lowest BCUT2D eigenvalue weighted by Gasteiger charge is -2.34. The summed E-state index contributed by atoms with van der Waals surface area (Å²) in [4.78, 5) is 23.4. The number of aryl methyl sites for hydroxylation is 1. The number of para-hydroxylation sites is 1. The fourth-order valence-corrected chi connectivity index (χ4v) is 2.37. The van der Waals surface area contributed by atoms with Crippen molar-refractivity contribution in [3.05, 3.63) is 35.7 Å². The minimum Gasteiger partial charge on any atom is -0.488 e. The van der Waals surface area contributed by atoms with Gasteiger partial charge in [0.15, 0.2) is 5.82 Å². The maximum absolute atomic E-state index is 11.5. The fraction of sp³-hybridized carbons (Fsp3) is 0.471. The number of hydrogen-bond acceptors (Lipinski definition) is 7. The van der Waals surface area contributed by atoms with Crippen molar-refractivity contribution in [3.63, 3.8) is 0 Å². The van der Waals surface area contributed by atoms with Gasteiger partial charge in [0.25, 0.3) is 0 Å². The predicted molar refractivity (Wildman–Crippen MR) is 93.7 cm³/mol. The molecule has 0 spiro atoms. The molecular formula is C17H23N5O5. The van der Waals surface area contributed by atoms with Crippen LogP contribution in [-0.2, 0) is 34.4 Å². The van der Waals surface area contributed by atoms with Gasteiger partial charge in [0.05, 0.1) is 19.1 Å². The summed E-state index contributed by atoms with van der Waals surface area (Å²) in [5.74, 6) is -0.127. The summed E-state index contributed by atoms with van der Waals surface area (Å²) in [6, 6.07) is 8.08. The number of hydrogen-bond donors (Lipinski definition) is 2. The Morgan fingerprint density at radius 2 is 2.11 bits per heavy atom. The van der Waals surface area contributed by atoms with Crippen LogP contribution < -0.4 is 10.1 Å². The highest BCUT2D eigenvalue weighted by Crippen LogP contribution is 2.27. The van der Waals surface area contributed by atoms with Gasteiger partial charge in [0, 0.05) is 5.56 Å². The number of aromatic nitrogens is 4. The molecule has 0 aliphatic carbocycles. The molecule has 1 unspecified atom stereocenters. The SMILES string of the molecule is Cn1nnc(CC(NC=O)(OC(C)(C)C)C(=O)O)n1.c1ccc2c(c1)CO2. The normalized spacial score (nSPS) is 14.4. The van der Waals surface area contributed by atoms with Gasteiger partial charge in [0.2, 0.25) is 12.1 Å². The Bertz CT molecular complexity index is 778. The van der Waals surface area contributed by atoms with Crippen molar-refractivity contribution < 1.29 is 24.2 Å². The minimum atomic E-state index is -1.93. The first-order valence-corrected chi connectivity index (χ1v) is 8.24. The van der Waals surface area contributed by atoms with E-state index >= 15 is 0 Å². The van der Waals surface area contributed by atoms with Crippen molar-refractivity contribution in [1.82, 2.24) is 25.5 Å². The molecular weight excluding hydrogens is 354 g/mol. The summed E-state index contributed by atoms with van der Waals surface area (Å²) in [5.41, 5.74) is -1.38. The Balaban J connectivity index is 0.000000266. The molecule has 1 atom stereocenters. The van der Waals surface area contributed by atoms with Crippen molar-refractivity contribution in [2.75, 3.05) is 0 Å². The number of carboxylic acid groups (broad SMARTS) is 1. The Hall–Kier alpha value is -3.01. The maximum atomic E-state index is 11.5. The zero-order valence-electron chi connectivity index (χ0n) is 15.7. The van der Waals surface area contributed by atoms with Crippen molar-refractivity contribution >= 4 is 12.4 Å². The first kappa shape index (κ1) is 20.3. The van der Waals surface area contributed by atoms with E-state index in [1.807, 2.05) is 18.2 Å². The summed E-state index contributed by atoms with van der Waals surface area (Å²) in [5, 5.41) is 22.7. The van der Waals surface area contributed by atoms with Crippen molar-refractivity contribution in [2.24, 2.45) is 7.05 Å². The number of fused-ring (bicyclic) bond motifs is 1. The predicted octanol–water partition coefficient (Wildman–Crippen LogP) is 0.674. The van der Waals surface area contributed by atoms with Gasteiger partial charge in [-0.2, -0.15) is 4.80 Å². The van der Waals surface area contributed by atoms with Gasteiger partial charge in [-0.1, -0.05) is 18.2 Å².